The molecule has 2 aromatic rings. The molecule has 1 amide bonds. The fraction of sp³-hybridized carbons (Fsp3) is 0.381. The van der Waals surface area contributed by atoms with E-state index in [-0.39, 0.29) is 18.5 Å². The lowest BCUT2D eigenvalue weighted by Gasteiger charge is -2.35. The Hall–Kier alpha value is -2.45. The predicted octanol–water partition coefficient (Wildman–Crippen LogP) is 3.96. The molecule has 156 valence electrons. The molecule has 2 aromatic carbocycles. The Morgan fingerprint density at radius 3 is 2.38 bits per heavy atom. The normalized spacial score (nSPS) is 16.4. The summed E-state index contributed by atoms with van der Waals surface area (Å²) in [5, 5.41) is 2.82. The second kappa shape index (κ2) is 8.92. The van der Waals surface area contributed by atoms with Crippen LogP contribution in [-0.2, 0) is 10.9 Å². The van der Waals surface area contributed by atoms with Crippen LogP contribution in [-0.4, -0.2) is 43.7 Å². The first-order valence-corrected chi connectivity index (χ1v) is 9.29. The summed E-state index contributed by atoms with van der Waals surface area (Å²) in [5.74, 6) is -0.754. The highest BCUT2D eigenvalue weighted by Gasteiger charge is 2.31. The van der Waals surface area contributed by atoms with E-state index < -0.39 is 17.6 Å². The number of alkyl halides is 3. The van der Waals surface area contributed by atoms with Crippen molar-refractivity contribution in [3.05, 3.63) is 70.5 Å². The van der Waals surface area contributed by atoms with Crippen LogP contribution in [0.25, 0.3) is 0 Å². The van der Waals surface area contributed by atoms with E-state index in [0.29, 0.717) is 43.0 Å². The molecule has 0 radical (unpaired) electrons. The van der Waals surface area contributed by atoms with E-state index >= 15 is 0 Å². The molecule has 1 unspecified atom stereocenters. The summed E-state index contributed by atoms with van der Waals surface area (Å²) in [6.45, 7) is 4.03. The Bertz CT molecular complexity index is 847. The fourth-order valence-electron chi connectivity index (χ4n) is 3.32. The number of morpholine rings is 1. The first kappa shape index (κ1) is 21.3. The number of halogens is 4. The average molecular weight is 410 g/mol. The lowest BCUT2D eigenvalue weighted by molar-refractivity contribution is -0.137. The maximum absolute atomic E-state index is 13.4. The quantitative estimate of drug-likeness (QED) is 0.759. The number of aryl methyl sites for hydroxylation is 1. The molecule has 1 saturated heterocycles. The molecule has 1 aliphatic heterocycles. The Kier molecular flexibility index (Phi) is 6.54. The third-order valence-corrected chi connectivity index (χ3v) is 4.99. The second-order valence-corrected chi connectivity index (χ2v) is 6.96. The molecule has 8 heteroatoms. The largest absolute Gasteiger partial charge is 0.416 e. The van der Waals surface area contributed by atoms with Gasteiger partial charge < -0.3 is 10.1 Å². The van der Waals surface area contributed by atoms with E-state index in [1.54, 1.807) is 6.92 Å². The molecule has 0 aromatic heterocycles. The number of nitrogens with zero attached hydrogens (tertiary/aromatic N) is 1. The first-order chi connectivity index (χ1) is 13.8. The molecular weight excluding hydrogens is 388 g/mol. The Labute approximate surface area is 166 Å². The monoisotopic (exact) mass is 410 g/mol. The van der Waals surface area contributed by atoms with Gasteiger partial charge in [-0.2, -0.15) is 13.2 Å². The zero-order chi connectivity index (χ0) is 21.0. The van der Waals surface area contributed by atoms with Crippen LogP contribution >= 0.6 is 0 Å². The molecule has 0 bridgehead atoms. The number of amides is 1. The number of carbonyl (C=O) groups excluding carboxylic acids is 1. The molecule has 3 rings (SSSR count). The van der Waals surface area contributed by atoms with Gasteiger partial charge >= 0.3 is 6.18 Å². The van der Waals surface area contributed by atoms with Crippen LogP contribution in [0, 0.1) is 12.7 Å². The van der Waals surface area contributed by atoms with E-state index in [1.165, 1.54) is 30.3 Å². The minimum atomic E-state index is -4.40. The van der Waals surface area contributed by atoms with E-state index in [0.717, 1.165) is 12.1 Å². The molecule has 1 heterocycles. The predicted molar refractivity (Wildman–Crippen MR) is 100 cm³/mol. The Morgan fingerprint density at radius 2 is 1.79 bits per heavy atom. The summed E-state index contributed by atoms with van der Waals surface area (Å²) in [6, 6.07) is 8.79. The van der Waals surface area contributed by atoms with Crippen LogP contribution in [0.3, 0.4) is 0 Å². The lowest BCUT2D eigenvalue weighted by Crippen LogP contribution is -2.43. The van der Waals surface area contributed by atoms with Crippen molar-refractivity contribution in [2.75, 3.05) is 32.8 Å². The van der Waals surface area contributed by atoms with Crippen molar-refractivity contribution in [2.45, 2.75) is 19.1 Å². The van der Waals surface area contributed by atoms with E-state index in [1.807, 2.05) is 0 Å². The smallest absolute Gasteiger partial charge is 0.379 e. The number of benzene rings is 2. The average Bonchev–Trinajstić information content (AvgIpc) is 2.70. The molecule has 1 atom stereocenters. The molecule has 0 spiro atoms. The number of nitrogens with one attached hydrogen (secondary N) is 1. The Balaban J connectivity index is 1.76. The van der Waals surface area contributed by atoms with Gasteiger partial charge in [0.2, 0.25) is 0 Å². The van der Waals surface area contributed by atoms with Crippen molar-refractivity contribution in [2.24, 2.45) is 0 Å². The summed E-state index contributed by atoms with van der Waals surface area (Å²) in [4.78, 5) is 14.6. The highest BCUT2D eigenvalue weighted by molar-refractivity contribution is 5.94. The molecule has 1 fully saturated rings. The third-order valence-electron chi connectivity index (χ3n) is 4.99. The van der Waals surface area contributed by atoms with Crippen molar-refractivity contribution in [1.29, 1.82) is 0 Å². The summed E-state index contributed by atoms with van der Waals surface area (Å²) >= 11 is 0. The van der Waals surface area contributed by atoms with Crippen LogP contribution < -0.4 is 5.32 Å². The molecule has 0 aliphatic carbocycles. The number of rotatable bonds is 5. The van der Waals surface area contributed by atoms with E-state index in [2.05, 4.69) is 10.2 Å². The second-order valence-electron chi connectivity index (χ2n) is 6.96. The van der Waals surface area contributed by atoms with Gasteiger partial charge in [-0.15, -0.1) is 0 Å². The van der Waals surface area contributed by atoms with Crippen LogP contribution in [0.2, 0.25) is 0 Å². The number of ether oxygens (including phenoxy) is 1. The number of carbonyl (C=O) groups is 1. The SMILES string of the molecule is Cc1cc(C(=O)NCC(c2ccc(C(F)(F)F)cc2)N2CCOCC2)ccc1F. The molecule has 1 aliphatic rings. The molecule has 1 N–H and O–H groups in total. The highest BCUT2D eigenvalue weighted by atomic mass is 19.4. The highest BCUT2D eigenvalue weighted by Crippen LogP contribution is 2.31. The lowest BCUT2D eigenvalue weighted by atomic mass is 10.0. The maximum Gasteiger partial charge on any atom is 0.416 e. The van der Waals surface area contributed by atoms with Gasteiger partial charge in [0, 0.05) is 25.2 Å². The van der Waals surface area contributed by atoms with Crippen molar-refractivity contribution in [1.82, 2.24) is 10.2 Å². The molecule has 4 nitrogen and oxygen atoms in total. The minimum absolute atomic E-state index is 0.209. The fourth-order valence-corrected chi connectivity index (χ4v) is 3.32. The standard InChI is InChI=1S/C21H22F4N2O2/c1-14-12-16(4-7-18(14)22)20(28)26-13-19(27-8-10-29-11-9-27)15-2-5-17(6-3-15)21(23,24)25/h2-7,12,19H,8-11,13H2,1H3,(H,26,28). The van der Waals surface area contributed by atoms with Gasteiger partial charge in [-0.05, 0) is 48.4 Å². The maximum atomic E-state index is 13.4. The summed E-state index contributed by atoms with van der Waals surface area (Å²) in [5.41, 5.74) is 0.658. The van der Waals surface area contributed by atoms with Gasteiger partial charge in [-0.1, -0.05) is 12.1 Å². The topological polar surface area (TPSA) is 41.6 Å². The van der Waals surface area contributed by atoms with Crippen LogP contribution in [0.4, 0.5) is 17.6 Å². The Morgan fingerprint density at radius 1 is 1.14 bits per heavy atom. The minimum Gasteiger partial charge on any atom is -0.379 e. The molecule has 29 heavy (non-hydrogen) atoms. The number of hydrogen-bond acceptors (Lipinski definition) is 3. The van der Waals surface area contributed by atoms with Crippen molar-refractivity contribution < 1.29 is 27.1 Å². The zero-order valence-electron chi connectivity index (χ0n) is 15.9. The van der Waals surface area contributed by atoms with Gasteiger partial charge in [0.1, 0.15) is 5.82 Å². The molecule has 0 saturated carbocycles. The summed E-state index contributed by atoms with van der Waals surface area (Å²) < 4.78 is 57.4. The summed E-state index contributed by atoms with van der Waals surface area (Å²) in [6.07, 6.45) is -4.40. The van der Waals surface area contributed by atoms with Crippen LogP contribution in [0.15, 0.2) is 42.5 Å². The third kappa shape index (κ3) is 5.33. The van der Waals surface area contributed by atoms with Crippen molar-refractivity contribution in [3.8, 4) is 0 Å². The van der Waals surface area contributed by atoms with Crippen molar-refractivity contribution >= 4 is 5.91 Å². The van der Waals surface area contributed by atoms with Gasteiger partial charge in [0.15, 0.2) is 0 Å². The molecular formula is C21H22F4N2O2. The van der Waals surface area contributed by atoms with Gasteiger partial charge in [-0.25, -0.2) is 4.39 Å². The van der Waals surface area contributed by atoms with E-state index in [9.17, 15) is 22.4 Å². The first-order valence-electron chi connectivity index (χ1n) is 9.29. The summed E-state index contributed by atoms with van der Waals surface area (Å²) in [7, 11) is 0. The van der Waals surface area contributed by atoms with Crippen molar-refractivity contribution in [3.63, 3.8) is 0 Å². The zero-order valence-corrected chi connectivity index (χ0v) is 15.9. The van der Waals surface area contributed by atoms with Crippen LogP contribution in [0.1, 0.15) is 33.1 Å². The number of hydrogen-bond donors (Lipinski definition) is 1. The van der Waals surface area contributed by atoms with Crippen LogP contribution in [0.5, 0.6) is 0 Å². The van der Waals surface area contributed by atoms with Gasteiger partial charge in [0.25, 0.3) is 5.91 Å². The van der Waals surface area contributed by atoms with Gasteiger partial charge in [-0.3, -0.25) is 9.69 Å². The van der Waals surface area contributed by atoms with E-state index in [4.69, 9.17) is 4.74 Å². The van der Waals surface area contributed by atoms with Gasteiger partial charge in [0.05, 0.1) is 24.8 Å².